The van der Waals surface area contributed by atoms with Gasteiger partial charge in [0, 0.05) is 6.54 Å². The second kappa shape index (κ2) is 4.63. The normalized spacial score (nSPS) is 10.9. The molecule has 3 nitrogen and oxygen atoms in total. The second-order valence-corrected chi connectivity index (χ2v) is 5.00. The molecule has 0 aliphatic rings. The summed E-state index contributed by atoms with van der Waals surface area (Å²) in [5.74, 6) is 0. The predicted molar refractivity (Wildman–Crippen MR) is 73.4 cm³/mol. The summed E-state index contributed by atoms with van der Waals surface area (Å²) >= 11 is 3.54. The fourth-order valence-corrected chi connectivity index (χ4v) is 2.16. The Bertz CT molecular complexity index is 558. The number of nitrogens with two attached hydrogens (primary N) is 1. The molecule has 0 aliphatic carbocycles. The molecule has 0 fully saturated rings. The van der Waals surface area contributed by atoms with Crippen LogP contribution in [-0.2, 0) is 6.54 Å². The van der Waals surface area contributed by atoms with Crippen molar-refractivity contribution in [2.75, 3.05) is 0 Å². The van der Waals surface area contributed by atoms with Crippen molar-refractivity contribution in [2.24, 2.45) is 5.73 Å². The summed E-state index contributed by atoms with van der Waals surface area (Å²) in [6.07, 6.45) is 0. The van der Waals surface area contributed by atoms with Gasteiger partial charge in [0.05, 0.1) is 21.5 Å². The number of halogens is 1. The molecule has 0 unspecified atom stereocenters. The number of aromatic nitrogens is 2. The van der Waals surface area contributed by atoms with Crippen molar-refractivity contribution in [3.05, 3.63) is 45.2 Å². The van der Waals surface area contributed by atoms with Crippen molar-refractivity contribution >= 4 is 15.9 Å². The van der Waals surface area contributed by atoms with Crippen LogP contribution in [0.2, 0.25) is 0 Å². The molecule has 17 heavy (non-hydrogen) atoms. The van der Waals surface area contributed by atoms with E-state index in [0.29, 0.717) is 6.54 Å². The maximum atomic E-state index is 5.67. The van der Waals surface area contributed by atoms with Crippen LogP contribution in [0.1, 0.15) is 22.5 Å². The topological polar surface area (TPSA) is 43.8 Å². The Morgan fingerprint density at radius 2 is 2.00 bits per heavy atom. The van der Waals surface area contributed by atoms with E-state index in [1.54, 1.807) is 0 Å². The van der Waals surface area contributed by atoms with Crippen LogP contribution in [0.25, 0.3) is 5.69 Å². The lowest BCUT2D eigenvalue weighted by Gasteiger charge is -2.08. The van der Waals surface area contributed by atoms with E-state index < -0.39 is 0 Å². The first kappa shape index (κ1) is 12.3. The SMILES string of the molecule is Cc1cc(-n2nc(C)c(Br)c2C)ccc1CN. The van der Waals surface area contributed by atoms with Crippen LogP contribution in [-0.4, -0.2) is 9.78 Å². The average molecular weight is 294 g/mol. The summed E-state index contributed by atoms with van der Waals surface area (Å²) in [4.78, 5) is 0. The van der Waals surface area contributed by atoms with Gasteiger partial charge in [-0.05, 0) is 60.0 Å². The average Bonchev–Trinajstić information content (AvgIpc) is 2.57. The van der Waals surface area contributed by atoms with E-state index in [1.165, 1.54) is 11.1 Å². The number of benzene rings is 1. The molecule has 2 aromatic rings. The van der Waals surface area contributed by atoms with E-state index in [1.807, 2.05) is 11.6 Å². The molecule has 0 aliphatic heterocycles. The van der Waals surface area contributed by atoms with E-state index in [4.69, 9.17) is 5.73 Å². The smallest absolute Gasteiger partial charge is 0.0743 e. The van der Waals surface area contributed by atoms with Crippen LogP contribution in [0, 0.1) is 20.8 Å². The minimum Gasteiger partial charge on any atom is -0.326 e. The standard InChI is InChI=1S/C13H16BrN3/c1-8-6-12(5-4-11(8)7-15)17-10(3)13(14)9(2)16-17/h4-6H,7,15H2,1-3H3. The highest BCUT2D eigenvalue weighted by Crippen LogP contribution is 2.23. The number of hydrogen-bond donors (Lipinski definition) is 1. The second-order valence-electron chi connectivity index (χ2n) is 4.21. The molecular formula is C13H16BrN3. The summed E-state index contributed by atoms with van der Waals surface area (Å²) in [5, 5.41) is 4.52. The van der Waals surface area contributed by atoms with Gasteiger partial charge in [-0.1, -0.05) is 6.07 Å². The molecule has 1 aromatic carbocycles. The van der Waals surface area contributed by atoms with Gasteiger partial charge in [0.2, 0.25) is 0 Å². The van der Waals surface area contributed by atoms with Gasteiger partial charge in [-0.3, -0.25) is 0 Å². The first-order valence-electron chi connectivity index (χ1n) is 5.56. The summed E-state index contributed by atoms with van der Waals surface area (Å²) < 4.78 is 3.02. The molecule has 4 heteroatoms. The fraction of sp³-hybridized carbons (Fsp3) is 0.308. The Morgan fingerprint density at radius 3 is 2.47 bits per heavy atom. The first-order valence-corrected chi connectivity index (χ1v) is 6.35. The van der Waals surface area contributed by atoms with Crippen LogP contribution < -0.4 is 5.73 Å². The minimum atomic E-state index is 0.576. The van der Waals surface area contributed by atoms with Gasteiger partial charge >= 0.3 is 0 Å². The number of aryl methyl sites for hydroxylation is 2. The van der Waals surface area contributed by atoms with E-state index in [0.717, 1.165) is 21.5 Å². The van der Waals surface area contributed by atoms with Gasteiger partial charge in [-0.25, -0.2) is 4.68 Å². The van der Waals surface area contributed by atoms with Crippen molar-refractivity contribution in [3.63, 3.8) is 0 Å². The van der Waals surface area contributed by atoms with Gasteiger partial charge in [-0.15, -0.1) is 0 Å². The highest BCUT2D eigenvalue weighted by molar-refractivity contribution is 9.10. The molecule has 0 radical (unpaired) electrons. The Morgan fingerprint density at radius 1 is 1.29 bits per heavy atom. The zero-order chi connectivity index (χ0) is 12.6. The Hall–Kier alpha value is -1.13. The summed E-state index contributed by atoms with van der Waals surface area (Å²) in [6.45, 7) is 6.70. The maximum absolute atomic E-state index is 5.67. The van der Waals surface area contributed by atoms with E-state index in [2.05, 4.69) is 53.1 Å². The third-order valence-electron chi connectivity index (χ3n) is 2.99. The molecule has 2 N–H and O–H groups in total. The van der Waals surface area contributed by atoms with Crippen LogP contribution in [0.15, 0.2) is 22.7 Å². The molecule has 1 aromatic heterocycles. The number of hydrogen-bond acceptors (Lipinski definition) is 2. The van der Waals surface area contributed by atoms with Crippen LogP contribution in [0.5, 0.6) is 0 Å². The molecule has 2 rings (SSSR count). The summed E-state index contributed by atoms with van der Waals surface area (Å²) in [6, 6.07) is 6.24. The third-order valence-corrected chi connectivity index (χ3v) is 4.14. The quantitative estimate of drug-likeness (QED) is 0.925. The van der Waals surface area contributed by atoms with Crippen LogP contribution in [0.4, 0.5) is 0 Å². The lowest BCUT2D eigenvalue weighted by atomic mass is 10.1. The van der Waals surface area contributed by atoms with Crippen LogP contribution in [0.3, 0.4) is 0 Å². The molecule has 0 spiro atoms. The molecule has 0 bridgehead atoms. The highest BCUT2D eigenvalue weighted by Gasteiger charge is 2.10. The molecule has 0 atom stereocenters. The lowest BCUT2D eigenvalue weighted by Crippen LogP contribution is -2.03. The Kier molecular flexibility index (Phi) is 3.35. The van der Waals surface area contributed by atoms with Crippen molar-refractivity contribution < 1.29 is 0 Å². The number of nitrogens with zero attached hydrogens (tertiary/aromatic N) is 2. The lowest BCUT2D eigenvalue weighted by molar-refractivity contribution is 0.830. The van der Waals surface area contributed by atoms with Gasteiger partial charge in [0.15, 0.2) is 0 Å². The van der Waals surface area contributed by atoms with Gasteiger partial charge in [0.1, 0.15) is 0 Å². The molecule has 0 saturated carbocycles. The highest BCUT2D eigenvalue weighted by atomic mass is 79.9. The molecule has 1 heterocycles. The predicted octanol–water partition coefficient (Wildman–Crippen LogP) is 3.02. The zero-order valence-corrected chi connectivity index (χ0v) is 11.9. The molecular weight excluding hydrogens is 278 g/mol. The van der Waals surface area contributed by atoms with Crippen molar-refractivity contribution in [2.45, 2.75) is 27.3 Å². The molecule has 0 amide bonds. The number of rotatable bonds is 2. The third kappa shape index (κ3) is 2.15. The summed E-state index contributed by atoms with van der Waals surface area (Å²) in [5.41, 5.74) is 11.2. The zero-order valence-electron chi connectivity index (χ0n) is 10.3. The first-order chi connectivity index (χ1) is 8.04. The monoisotopic (exact) mass is 293 g/mol. The van der Waals surface area contributed by atoms with E-state index in [9.17, 15) is 0 Å². The van der Waals surface area contributed by atoms with Gasteiger partial charge in [-0.2, -0.15) is 5.10 Å². The minimum absolute atomic E-state index is 0.576. The van der Waals surface area contributed by atoms with E-state index >= 15 is 0 Å². The van der Waals surface area contributed by atoms with Crippen molar-refractivity contribution in [3.8, 4) is 5.69 Å². The Balaban J connectivity index is 2.53. The maximum Gasteiger partial charge on any atom is 0.0743 e. The Labute approximate surface area is 110 Å². The fourth-order valence-electron chi connectivity index (χ4n) is 1.92. The van der Waals surface area contributed by atoms with Crippen molar-refractivity contribution in [1.29, 1.82) is 0 Å². The molecule has 90 valence electrons. The van der Waals surface area contributed by atoms with E-state index in [-0.39, 0.29) is 0 Å². The van der Waals surface area contributed by atoms with Gasteiger partial charge < -0.3 is 5.73 Å². The van der Waals surface area contributed by atoms with Crippen LogP contribution >= 0.6 is 15.9 Å². The summed E-state index contributed by atoms with van der Waals surface area (Å²) in [7, 11) is 0. The van der Waals surface area contributed by atoms with Crippen molar-refractivity contribution in [1.82, 2.24) is 9.78 Å². The van der Waals surface area contributed by atoms with Gasteiger partial charge in [0.25, 0.3) is 0 Å². The largest absolute Gasteiger partial charge is 0.326 e. The molecule has 0 saturated heterocycles.